The Morgan fingerprint density at radius 3 is 1.84 bits per heavy atom. The fourth-order valence-electron chi connectivity index (χ4n) is 3.56. The van der Waals surface area contributed by atoms with Gasteiger partial charge in [-0.15, -0.1) is 4.33 Å². The summed E-state index contributed by atoms with van der Waals surface area (Å²) < 4.78 is 129. The maximum Gasteiger partial charge on any atom is 0.460 e. The third-order valence-corrected chi connectivity index (χ3v) is 6.85. The monoisotopic (exact) mass is 683 g/mol. The summed E-state index contributed by atoms with van der Waals surface area (Å²) in [4.78, 5) is 35.9. The summed E-state index contributed by atoms with van der Waals surface area (Å²) in [6.07, 6.45) is 0.451. The molecule has 0 aromatic rings. The van der Waals surface area contributed by atoms with Crippen LogP contribution in [0.5, 0.6) is 0 Å². The molecule has 0 bridgehead atoms. The summed E-state index contributed by atoms with van der Waals surface area (Å²) in [5.41, 5.74) is 0. The van der Waals surface area contributed by atoms with Gasteiger partial charge in [0.2, 0.25) is 5.91 Å². The largest absolute Gasteiger partial charge is 0.465 e. The van der Waals surface area contributed by atoms with Gasteiger partial charge in [0, 0.05) is 6.54 Å². The van der Waals surface area contributed by atoms with E-state index in [4.69, 9.17) is 9.99 Å². The maximum absolute atomic E-state index is 13.6. The van der Waals surface area contributed by atoms with E-state index >= 15 is 0 Å². The van der Waals surface area contributed by atoms with Crippen LogP contribution in [0.3, 0.4) is 0 Å². The van der Waals surface area contributed by atoms with Crippen LogP contribution in [0.25, 0.3) is 0 Å². The van der Waals surface area contributed by atoms with Gasteiger partial charge in [-0.1, -0.05) is 69.7 Å². The molecule has 0 aliphatic rings. The van der Waals surface area contributed by atoms with Gasteiger partial charge in [-0.2, -0.15) is 39.5 Å². The Balaban J connectivity index is 4.49. The molecule has 0 aromatic heterocycles. The van der Waals surface area contributed by atoms with E-state index in [9.17, 15) is 53.9 Å². The predicted molar refractivity (Wildman–Crippen MR) is 138 cm³/mol. The van der Waals surface area contributed by atoms with Crippen molar-refractivity contribution in [2.24, 2.45) is 0 Å². The van der Waals surface area contributed by atoms with E-state index in [2.05, 4.69) is 26.3 Å². The standard InChI is InChI=1S/C25H38F9NO8S/c1-2-3-4-5-6-7-8-9-10-11-14-35-19(36)12-15-40-20(37)17-18(44-43-42-39)21(38)41-16-13-22(26,27)23(28,29)24(30,31)25(32,33)34/h18,39H,2-17H2,1H3,(H,35,36). The molecule has 0 heterocycles. The minimum absolute atomic E-state index is 0.138. The Morgan fingerprint density at radius 1 is 0.773 bits per heavy atom. The van der Waals surface area contributed by atoms with E-state index in [-0.39, 0.29) is 18.5 Å². The van der Waals surface area contributed by atoms with E-state index in [1.807, 2.05) is 0 Å². The molecule has 2 N–H and O–H groups in total. The van der Waals surface area contributed by atoms with Crippen molar-refractivity contribution >= 4 is 29.9 Å². The first-order valence-corrected chi connectivity index (χ1v) is 14.7. The minimum Gasteiger partial charge on any atom is -0.465 e. The molecule has 1 unspecified atom stereocenters. The first kappa shape index (κ1) is 42.0. The summed E-state index contributed by atoms with van der Waals surface area (Å²) in [6, 6.07) is 0. The van der Waals surface area contributed by atoms with Crippen LogP contribution in [0.2, 0.25) is 0 Å². The fourth-order valence-corrected chi connectivity index (χ4v) is 4.04. The summed E-state index contributed by atoms with van der Waals surface area (Å²) in [5.74, 6) is -23.3. The van der Waals surface area contributed by atoms with Crippen LogP contribution in [0.1, 0.15) is 90.4 Å². The second-order valence-electron chi connectivity index (χ2n) is 9.70. The third-order valence-electron chi connectivity index (χ3n) is 6.12. The number of hydrogen-bond acceptors (Lipinski definition) is 9. The molecule has 0 rings (SSSR count). The Labute approximate surface area is 252 Å². The van der Waals surface area contributed by atoms with Gasteiger partial charge in [-0.3, -0.25) is 14.4 Å². The van der Waals surface area contributed by atoms with Gasteiger partial charge in [0.05, 0.1) is 37.9 Å². The van der Waals surface area contributed by atoms with Crippen LogP contribution >= 0.6 is 12.0 Å². The molecule has 0 saturated heterocycles. The molecule has 0 spiro atoms. The molecule has 1 amide bonds. The Bertz CT molecular complexity index is 851. The zero-order valence-corrected chi connectivity index (χ0v) is 24.8. The molecular formula is C25H38F9NO8S. The van der Waals surface area contributed by atoms with Crippen LogP contribution in [0.4, 0.5) is 39.5 Å². The molecule has 0 aliphatic heterocycles. The van der Waals surface area contributed by atoms with Crippen molar-refractivity contribution in [3.8, 4) is 0 Å². The highest BCUT2D eigenvalue weighted by molar-refractivity contribution is 7.95. The van der Waals surface area contributed by atoms with Gasteiger partial charge in [0.15, 0.2) is 0 Å². The number of ether oxygens (including phenoxy) is 2. The lowest BCUT2D eigenvalue weighted by Crippen LogP contribution is -2.61. The highest BCUT2D eigenvalue weighted by Crippen LogP contribution is 2.54. The lowest BCUT2D eigenvalue weighted by Gasteiger charge is -2.33. The first-order chi connectivity index (χ1) is 20.4. The number of nitrogens with one attached hydrogen (secondary N) is 1. The van der Waals surface area contributed by atoms with Gasteiger partial charge in [0.25, 0.3) is 0 Å². The summed E-state index contributed by atoms with van der Waals surface area (Å²) in [7, 11) is 0. The Kier molecular flexibility index (Phi) is 20.0. The third kappa shape index (κ3) is 15.3. The van der Waals surface area contributed by atoms with E-state index < -0.39 is 73.1 Å². The van der Waals surface area contributed by atoms with Crippen molar-refractivity contribution in [3.63, 3.8) is 0 Å². The lowest BCUT2D eigenvalue weighted by atomic mass is 10.0. The van der Waals surface area contributed by atoms with Crippen molar-refractivity contribution in [1.82, 2.24) is 5.32 Å². The smallest absolute Gasteiger partial charge is 0.460 e. The highest BCUT2D eigenvalue weighted by Gasteiger charge is 2.81. The molecule has 19 heteroatoms. The number of esters is 2. The average Bonchev–Trinajstić information content (AvgIpc) is 2.92. The number of halogens is 9. The average molecular weight is 684 g/mol. The minimum atomic E-state index is -7.11. The second-order valence-corrected chi connectivity index (χ2v) is 10.6. The molecule has 9 nitrogen and oxygen atoms in total. The van der Waals surface area contributed by atoms with Crippen molar-refractivity contribution in [3.05, 3.63) is 0 Å². The first-order valence-electron chi connectivity index (χ1n) is 13.9. The quantitative estimate of drug-likeness (QED) is 0.0257. The van der Waals surface area contributed by atoms with E-state index in [1.165, 1.54) is 38.5 Å². The number of rotatable bonds is 25. The van der Waals surface area contributed by atoms with E-state index in [1.54, 1.807) is 0 Å². The maximum atomic E-state index is 13.6. The van der Waals surface area contributed by atoms with Gasteiger partial charge in [-0.25, -0.2) is 5.26 Å². The molecule has 0 aromatic carbocycles. The molecule has 0 radical (unpaired) electrons. The van der Waals surface area contributed by atoms with Crippen LogP contribution in [0, 0.1) is 0 Å². The number of alkyl halides is 9. The molecule has 0 saturated carbocycles. The normalized spacial score (nSPS) is 13.4. The van der Waals surface area contributed by atoms with E-state index in [0.717, 1.165) is 25.7 Å². The summed E-state index contributed by atoms with van der Waals surface area (Å²) >= 11 is -0.138. The van der Waals surface area contributed by atoms with Gasteiger partial charge in [-0.05, 0) is 6.42 Å². The van der Waals surface area contributed by atoms with Crippen LogP contribution in [-0.2, 0) is 33.2 Å². The molecule has 1 atom stereocenters. The molecular weight excluding hydrogens is 645 g/mol. The summed E-state index contributed by atoms with van der Waals surface area (Å²) in [5, 5.41) is 12.2. The Hall–Kier alpha value is -1.99. The molecule has 0 fully saturated rings. The number of carbonyl (C=O) groups excluding carboxylic acids is 3. The molecule has 260 valence electrons. The van der Waals surface area contributed by atoms with Crippen molar-refractivity contribution < 1.29 is 78.0 Å². The predicted octanol–water partition coefficient (Wildman–Crippen LogP) is 7.19. The Morgan fingerprint density at radius 2 is 1.32 bits per heavy atom. The van der Waals surface area contributed by atoms with Crippen molar-refractivity contribution in [2.75, 3.05) is 19.8 Å². The molecule has 0 aliphatic carbocycles. The topological polar surface area (TPSA) is 120 Å². The SMILES string of the molecule is CCCCCCCCCCCCNC(=O)CCOC(=O)CC(SOOO)C(=O)OCCC(F)(F)C(F)(F)C(F)(F)C(F)(F)F. The number of unbranched alkanes of at least 4 members (excludes halogenated alkanes) is 9. The van der Waals surface area contributed by atoms with Crippen LogP contribution in [-0.4, -0.2) is 72.1 Å². The number of carbonyl (C=O) groups is 3. The number of hydrogen-bond donors (Lipinski definition) is 2. The zero-order chi connectivity index (χ0) is 33.9. The van der Waals surface area contributed by atoms with Gasteiger partial charge in [0.1, 0.15) is 11.9 Å². The lowest BCUT2D eigenvalue weighted by molar-refractivity contribution is -0.432. The van der Waals surface area contributed by atoms with Crippen LogP contribution < -0.4 is 5.32 Å². The molecule has 44 heavy (non-hydrogen) atoms. The zero-order valence-electron chi connectivity index (χ0n) is 24.0. The number of amides is 1. The summed E-state index contributed by atoms with van der Waals surface area (Å²) in [6.45, 7) is 0.346. The van der Waals surface area contributed by atoms with Gasteiger partial charge < -0.3 is 14.8 Å². The van der Waals surface area contributed by atoms with Crippen molar-refractivity contribution in [1.29, 1.82) is 0 Å². The second kappa shape index (κ2) is 20.9. The van der Waals surface area contributed by atoms with Gasteiger partial charge >= 0.3 is 35.9 Å². The van der Waals surface area contributed by atoms with Crippen LogP contribution in [0.15, 0.2) is 0 Å². The fraction of sp³-hybridized carbons (Fsp3) is 0.880. The van der Waals surface area contributed by atoms with E-state index in [0.29, 0.717) is 6.54 Å². The highest BCUT2D eigenvalue weighted by atomic mass is 32.2. The van der Waals surface area contributed by atoms with Crippen molar-refractivity contribution in [2.45, 2.75) is 120 Å².